The number of sulfonamides is 1. The molecule has 11 heteroatoms. The number of carbonyl (C=O) groups excluding carboxylic acids is 1. The first kappa shape index (κ1) is 25.2. The van der Waals surface area contributed by atoms with Crippen molar-refractivity contribution in [3.8, 4) is 0 Å². The second-order valence-corrected chi connectivity index (χ2v) is 10.1. The summed E-state index contributed by atoms with van der Waals surface area (Å²) in [6, 6.07) is 10.3. The molecule has 0 unspecified atom stereocenters. The number of hydrogen-bond acceptors (Lipinski definition) is 4. The first-order valence-corrected chi connectivity index (χ1v) is 12.6. The van der Waals surface area contributed by atoms with Crippen molar-refractivity contribution in [2.24, 2.45) is 0 Å². The van der Waals surface area contributed by atoms with Gasteiger partial charge in [-0.1, -0.05) is 24.6 Å². The lowest BCUT2D eigenvalue weighted by molar-refractivity contribution is -0.137. The van der Waals surface area contributed by atoms with E-state index in [0.717, 1.165) is 22.7 Å². The predicted octanol–water partition coefficient (Wildman–Crippen LogP) is 4.25. The van der Waals surface area contributed by atoms with Crippen LogP contribution in [0.1, 0.15) is 18.9 Å². The largest absolute Gasteiger partial charge is 0.416 e. The van der Waals surface area contributed by atoms with Gasteiger partial charge in [-0.25, -0.2) is 8.42 Å². The topological polar surface area (TPSA) is 60.9 Å². The molecule has 1 heterocycles. The van der Waals surface area contributed by atoms with E-state index in [-0.39, 0.29) is 25.4 Å². The molecule has 0 bridgehead atoms. The van der Waals surface area contributed by atoms with Crippen molar-refractivity contribution in [3.05, 3.63) is 59.1 Å². The fraction of sp³-hybridized carbons (Fsp3) is 0.409. The van der Waals surface area contributed by atoms with Crippen LogP contribution in [-0.2, 0) is 21.0 Å². The summed E-state index contributed by atoms with van der Waals surface area (Å²) in [5, 5.41) is 0.442. The van der Waals surface area contributed by atoms with E-state index in [1.807, 2.05) is 0 Å². The average molecular weight is 504 g/mol. The highest BCUT2D eigenvalue weighted by atomic mass is 35.5. The Bertz CT molecular complexity index is 1090. The van der Waals surface area contributed by atoms with Gasteiger partial charge in [0.2, 0.25) is 15.9 Å². The van der Waals surface area contributed by atoms with Gasteiger partial charge in [0, 0.05) is 36.9 Å². The zero-order valence-electron chi connectivity index (χ0n) is 18.2. The van der Waals surface area contributed by atoms with E-state index in [1.54, 1.807) is 47.1 Å². The number of rotatable bonds is 6. The molecule has 0 aromatic heterocycles. The van der Waals surface area contributed by atoms with E-state index < -0.39 is 27.8 Å². The maximum atomic E-state index is 13.3. The molecule has 0 radical (unpaired) electrons. The summed E-state index contributed by atoms with van der Waals surface area (Å²) < 4.78 is 65.4. The summed E-state index contributed by atoms with van der Waals surface area (Å²) >= 11 is 5.92. The molecule has 2 aromatic rings. The van der Waals surface area contributed by atoms with Crippen LogP contribution < -0.4 is 9.21 Å². The van der Waals surface area contributed by atoms with Gasteiger partial charge in [-0.3, -0.25) is 9.10 Å². The summed E-state index contributed by atoms with van der Waals surface area (Å²) in [7, 11) is -3.77. The average Bonchev–Trinajstić information content (AvgIpc) is 2.76. The Morgan fingerprint density at radius 1 is 1.09 bits per heavy atom. The highest BCUT2D eigenvalue weighted by molar-refractivity contribution is 7.92. The van der Waals surface area contributed by atoms with Gasteiger partial charge in [-0.2, -0.15) is 13.2 Å². The molecule has 33 heavy (non-hydrogen) atoms. The normalized spacial score (nSPS) is 15.9. The Labute approximate surface area is 196 Å². The van der Waals surface area contributed by atoms with Crippen LogP contribution in [0.25, 0.3) is 0 Å². The quantitative estimate of drug-likeness (QED) is 0.591. The van der Waals surface area contributed by atoms with E-state index in [9.17, 15) is 26.4 Å². The SMILES string of the molecule is CC[C@@H](C(=O)N1CCN(c2cccc(C(F)(F)F)c2)CC1)N(c1ccc(Cl)cc1)S(C)(=O)=O. The lowest BCUT2D eigenvalue weighted by Gasteiger charge is -2.39. The third kappa shape index (κ3) is 5.92. The summed E-state index contributed by atoms with van der Waals surface area (Å²) in [4.78, 5) is 16.7. The monoisotopic (exact) mass is 503 g/mol. The predicted molar refractivity (Wildman–Crippen MR) is 123 cm³/mol. The molecule has 1 atom stereocenters. The lowest BCUT2D eigenvalue weighted by Crippen LogP contribution is -2.56. The fourth-order valence-corrected chi connectivity index (χ4v) is 5.24. The molecule has 0 aliphatic carbocycles. The summed E-state index contributed by atoms with van der Waals surface area (Å²) in [5.74, 6) is -0.346. The molecule has 1 amide bonds. The van der Waals surface area contributed by atoms with Gasteiger partial charge in [0.25, 0.3) is 0 Å². The molecule has 0 spiro atoms. The van der Waals surface area contributed by atoms with E-state index >= 15 is 0 Å². The Hall–Kier alpha value is -2.46. The van der Waals surface area contributed by atoms with Crippen LogP contribution in [0.3, 0.4) is 0 Å². The van der Waals surface area contributed by atoms with Crippen LogP contribution in [0.4, 0.5) is 24.5 Å². The molecule has 0 N–H and O–H groups in total. The number of carbonyl (C=O) groups is 1. The Morgan fingerprint density at radius 2 is 1.70 bits per heavy atom. The summed E-state index contributed by atoms with van der Waals surface area (Å²) in [5.41, 5.74) is 0.0453. The van der Waals surface area contributed by atoms with Crippen molar-refractivity contribution in [1.82, 2.24) is 4.90 Å². The second-order valence-electron chi connectivity index (χ2n) is 7.82. The number of halogens is 4. The highest BCUT2D eigenvalue weighted by Gasteiger charge is 2.36. The highest BCUT2D eigenvalue weighted by Crippen LogP contribution is 2.32. The van der Waals surface area contributed by atoms with Crippen LogP contribution in [0.5, 0.6) is 0 Å². The standard InChI is InChI=1S/C22H25ClF3N3O3S/c1-3-20(29(33(2,31)32)18-9-7-17(23)8-10-18)21(30)28-13-11-27(12-14-28)19-6-4-5-16(15-19)22(24,25)26/h4-10,15,20H,3,11-14H2,1-2H3/t20-/m0/s1. The molecule has 1 aliphatic heterocycles. The zero-order valence-corrected chi connectivity index (χ0v) is 19.8. The van der Waals surface area contributed by atoms with E-state index in [1.165, 1.54) is 6.07 Å². The third-order valence-corrected chi connectivity index (χ3v) is 6.96. The van der Waals surface area contributed by atoms with Crippen LogP contribution in [0, 0.1) is 0 Å². The van der Waals surface area contributed by atoms with Crippen LogP contribution in [0.15, 0.2) is 48.5 Å². The molecule has 3 rings (SSSR count). The number of anilines is 2. The van der Waals surface area contributed by atoms with Gasteiger partial charge in [0.05, 0.1) is 17.5 Å². The van der Waals surface area contributed by atoms with Crippen molar-refractivity contribution in [2.75, 3.05) is 41.6 Å². The minimum absolute atomic E-state index is 0.252. The number of alkyl halides is 3. The first-order valence-electron chi connectivity index (χ1n) is 10.4. The number of piperazine rings is 1. The number of benzene rings is 2. The van der Waals surface area contributed by atoms with Crippen LogP contribution >= 0.6 is 11.6 Å². The van der Waals surface area contributed by atoms with E-state index in [0.29, 0.717) is 29.5 Å². The molecule has 1 aliphatic rings. The van der Waals surface area contributed by atoms with Gasteiger partial charge in [-0.15, -0.1) is 0 Å². The van der Waals surface area contributed by atoms with Crippen LogP contribution in [-0.4, -0.2) is 57.7 Å². The minimum atomic E-state index is -4.43. The molecule has 1 fully saturated rings. The van der Waals surface area contributed by atoms with Gasteiger partial charge < -0.3 is 9.80 Å². The smallest absolute Gasteiger partial charge is 0.368 e. The molecule has 0 saturated carbocycles. The number of nitrogens with zero attached hydrogens (tertiary/aromatic N) is 3. The van der Waals surface area contributed by atoms with Crippen molar-refractivity contribution in [2.45, 2.75) is 25.6 Å². The van der Waals surface area contributed by atoms with Crippen molar-refractivity contribution < 1.29 is 26.4 Å². The van der Waals surface area contributed by atoms with Gasteiger partial charge in [0.1, 0.15) is 6.04 Å². The second kappa shape index (κ2) is 9.80. The number of hydrogen-bond donors (Lipinski definition) is 0. The van der Waals surface area contributed by atoms with Gasteiger partial charge >= 0.3 is 6.18 Å². The van der Waals surface area contributed by atoms with E-state index in [2.05, 4.69) is 0 Å². The van der Waals surface area contributed by atoms with E-state index in [4.69, 9.17) is 11.6 Å². The van der Waals surface area contributed by atoms with Crippen LogP contribution in [0.2, 0.25) is 5.02 Å². The first-order chi connectivity index (χ1) is 15.4. The summed E-state index contributed by atoms with van der Waals surface area (Å²) in [6.45, 7) is 2.94. The molecule has 2 aromatic carbocycles. The van der Waals surface area contributed by atoms with Gasteiger partial charge in [0.15, 0.2) is 0 Å². The number of amides is 1. The van der Waals surface area contributed by atoms with Gasteiger partial charge in [-0.05, 0) is 48.9 Å². The third-order valence-electron chi connectivity index (χ3n) is 5.52. The Kier molecular flexibility index (Phi) is 7.48. The zero-order chi connectivity index (χ0) is 24.4. The Balaban J connectivity index is 1.76. The fourth-order valence-electron chi connectivity index (χ4n) is 3.91. The van der Waals surface area contributed by atoms with Crippen molar-refractivity contribution >= 4 is 38.9 Å². The molecule has 1 saturated heterocycles. The maximum Gasteiger partial charge on any atom is 0.416 e. The lowest BCUT2D eigenvalue weighted by atomic mass is 10.1. The minimum Gasteiger partial charge on any atom is -0.368 e. The molecule has 6 nitrogen and oxygen atoms in total. The maximum absolute atomic E-state index is 13.3. The van der Waals surface area contributed by atoms with Crippen molar-refractivity contribution in [1.29, 1.82) is 0 Å². The van der Waals surface area contributed by atoms with Crippen molar-refractivity contribution in [3.63, 3.8) is 0 Å². The Morgan fingerprint density at radius 3 is 2.21 bits per heavy atom. The summed E-state index contributed by atoms with van der Waals surface area (Å²) in [6.07, 6.45) is -3.13. The molecular weight excluding hydrogens is 479 g/mol. The molecule has 180 valence electrons. The molecular formula is C22H25ClF3N3O3S.